The highest BCUT2D eigenvalue weighted by molar-refractivity contribution is 7.99. The Balaban J connectivity index is 1.34. The van der Waals surface area contributed by atoms with Gasteiger partial charge in [-0.25, -0.2) is 17.8 Å². The number of hydrogen-bond donors (Lipinski definition) is 0. The molecule has 1 fully saturated rings. The second-order valence-electron chi connectivity index (χ2n) is 7.31. The molecule has 1 aliphatic heterocycles. The molecular weight excluding hydrogens is 467 g/mol. The third-order valence-corrected chi connectivity index (χ3v) is 8.17. The van der Waals surface area contributed by atoms with Crippen LogP contribution in [0.25, 0.3) is 5.69 Å². The molecule has 3 aromatic rings. The van der Waals surface area contributed by atoms with Crippen LogP contribution in [0.1, 0.15) is 0 Å². The average Bonchev–Trinajstić information content (AvgIpc) is 3.31. The van der Waals surface area contributed by atoms with Crippen LogP contribution in [0.5, 0.6) is 5.75 Å². The fraction of sp³-hybridized carbons (Fsp3) is 0.273. The second-order valence-corrected chi connectivity index (χ2v) is 10.2. The van der Waals surface area contributed by atoms with E-state index < -0.39 is 15.8 Å². The molecule has 33 heavy (non-hydrogen) atoms. The van der Waals surface area contributed by atoms with Gasteiger partial charge in [-0.2, -0.15) is 4.31 Å². The standard InChI is InChI=1S/C22H23FN4O4S2/c1-31-19-4-2-3-18(15-19)27-10-9-24-22(27)32-16-21(28)25-11-13-26(14-12-25)33(29,30)20-7-5-17(23)6-8-20/h2-10,15H,11-14,16H2,1H3. The zero-order chi connectivity index (χ0) is 23.4. The monoisotopic (exact) mass is 490 g/mol. The molecule has 1 amide bonds. The van der Waals surface area contributed by atoms with E-state index in [0.29, 0.717) is 18.2 Å². The Morgan fingerprint density at radius 2 is 1.85 bits per heavy atom. The maximum atomic E-state index is 13.1. The maximum Gasteiger partial charge on any atom is 0.243 e. The van der Waals surface area contributed by atoms with E-state index in [1.165, 1.54) is 28.2 Å². The number of halogens is 1. The Kier molecular flexibility index (Phi) is 7.01. The Labute approximate surface area is 196 Å². The number of nitrogens with zero attached hydrogens (tertiary/aromatic N) is 4. The number of ether oxygens (including phenoxy) is 1. The van der Waals surface area contributed by atoms with Gasteiger partial charge >= 0.3 is 0 Å². The molecule has 2 heterocycles. The van der Waals surface area contributed by atoms with Crippen LogP contribution in [0.4, 0.5) is 4.39 Å². The van der Waals surface area contributed by atoms with Crippen LogP contribution < -0.4 is 4.74 Å². The lowest BCUT2D eigenvalue weighted by molar-refractivity contribution is -0.129. The van der Waals surface area contributed by atoms with Crippen LogP contribution in [-0.4, -0.2) is 72.1 Å². The van der Waals surface area contributed by atoms with Crippen molar-refractivity contribution >= 4 is 27.7 Å². The Morgan fingerprint density at radius 1 is 1.12 bits per heavy atom. The maximum absolute atomic E-state index is 13.1. The smallest absolute Gasteiger partial charge is 0.243 e. The summed E-state index contributed by atoms with van der Waals surface area (Å²) in [6.07, 6.45) is 3.49. The van der Waals surface area contributed by atoms with E-state index in [4.69, 9.17) is 4.74 Å². The SMILES string of the molecule is COc1cccc(-n2ccnc2SCC(=O)N2CCN(S(=O)(=O)c3ccc(F)cc3)CC2)c1. The molecular formula is C22H23FN4O4S2. The number of amides is 1. The van der Waals surface area contributed by atoms with Crippen LogP contribution >= 0.6 is 11.8 Å². The second kappa shape index (κ2) is 9.94. The fourth-order valence-electron chi connectivity index (χ4n) is 3.50. The molecule has 0 unspecified atom stereocenters. The van der Waals surface area contributed by atoms with Gasteiger partial charge in [0, 0.05) is 44.6 Å². The summed E-state index contributed by atoms with van der Waals surface area (Å²) in [5, 5.41) is 0.675. The number of aromatic nitrogens is 2. The van der Waals surface area contributed by atoms with E-state index in [0.717, 1.165) is 23.6 Å². The summed E-state index contributed by atoms with van der Waals surface area (Å²) in [4.78, 5) is 18.8. The molecule has 2 aromatic carbocycles. The molecule has 174 valence electrons. The van der Waals surface area contributed by atoms with Gasteiger partial charge in [0.15, 0.2) is 5.16 Å². The number of carbonyl (C=O) groups excluding carboxylic acids is 1. The topological polar surface area (TPSA) is 84.7 Å². The van der Waals surface area contributed by atoms with Gasteiger partial charge in [0.2, 0.25) is 15.9 Å². The van der Waals surface area contributed by atoms with Crippen LogP contribution in [0.3, 0.4) is 0 Å². The van der Waals surface area contributed by atoms with Crippen LogP contribution in [-0.2, 0) is 14.8 Å². The van der Waals surface area contributed by atoms with Gasteiger partial charge < -0.3 is 9.64 Å². The Morgan fingerprint density at radius 3 is 2.55 bits per heavy atom. The van der Waals surface area contributed by atoms with Crippen molar-refractivity contribution in [3.63, 3.8) is 0 Å². The summed E-state index contributed by atoms with van der Waals surface area (Å²) < 4.78 is 47.1. The molecule has 11 heteroatoms. The number of carbonyl (C=O) groups is 1. The van der Waals surface area contributed by atoms with Crippen molar-refractivity contribution in [2.45, 2.75) is 10.1 Å². The van der Waals surface area contributed by atoms with Gasteiger partial charge in [-0.1, -0.05) is 17.8 Å². The zero-order valence-corrected chi connectivity index (χ0v) is 19.6. The van der Waals surface area contributed by atoms with Crippen LogP contribution in [0.2, 0.25) is 0 Å². The number of methoxy groups -OCH3 is 1. The number of imidazole rings is 1. The van der Waals surface area contributed by atoms with Crippen molar-refractivity contribution in [1.29, 1.82) is 0 Å². The van der Waals surface area contributed by atoms with E-state index in [1.807, 2.05) is 35.0 Å². The van der Waals surface area contributed by atoms with Crippen molar-refractivity contribution in [2.24, 2.45) is 0 Å². The van der Waals surface area contributed by atoms with Gasteiger partial charge in [-0.3, -0.25) is 9.36 Å². The van der Waals surface area contributed by atoms with Gasteiger partial charge in [0.1, 0.15) is 11.6 Å². The van der Waals surface area contributed by atoms with Crippen molar-refractivity contribution in [1.82, 2.24) is 18.8 Å². The van der Waals surface area contributed by atoms with E-state index >= 15 is 0 Å². The lowest BCUT2D eigenvalue weighted by atomic mass is 10.3. The molecule has 0 aliphatic carbocycles. The lowest BCUT2D eigenvalue weighted by Gasteiger charge is -2.34. The molecule has 1 saturated heterocycles. The number of sulfonamides is 1. The first-order chi connectivity index (χ1) is 15.9. The summed E-state index contributed by atoms with van der Waals surface area (Å²) in [5.41, 5.74) is 0.876. The summed E-state index contributed by atoms with van der Waals surface area (Å²) in [7, 11) is -2.11. The Bertz CT molecular complexity index is 1220. The molecule has 0 spiro atoms. The minimum absolute atomic E-state index is 0.0450. The molecule has 8 nitrogen and oxygen atoms in total. The van der Waals surface area contributed by atoms with Gasteiger partial charge in [-0.15, -0.1) is 0 Å². The molecule has 0 radical (unpaired) electrons. The summed E-state index contributed by atoms with van der Waals surface area (Å²) in [6, 6.07) is 12.3. The van der Waals surface area contributed by atoms with Gasteiger partial charge in [0.25, 0.3) is 0 Å². The van der Waals surface area contributed by atoms with Crippen molar-refractivity contribution in [3.8, 4) is 11.4 Å². The van der Waals surface area contributed by atoms with E-state index in [1.54, 1.807) is 18.2 Å². The Hall–Kier alpha value is -2.89. The minimum Gasteiger partial charge on any atom is -0.497 e. The van der Waals surface area contributed by atoms with E-state index in [-0.39, 0.29) is 29.6 Å². The number of benzene rings is 2. The van der Waals surface area contributed by atoms with E-state index in [2.05, 4.69) is 4.98 Å². The summed E-state index contributed by atoms with van der Waals surface area (Å²) in [5.74, 6) is 0.334. The molecule has 1 aliphatic rings. The number of hydrogen-bond acceptors (Lipinski definition) is 6. The summed E-state index contributed by atoms with van der Waals surface area (Å²) >= 11 is 1.32. The van der Waals surface area contributed by atoms with Crippen molar-refractivity contribution in [3.05, 3.63) is 66.7 Å². The normalized spacial score (nSPS) is 14.9. The first-order valence-electron chi connectivity index (χ1n) is 10.2. The zero-order valence-electron chi connectivity index (χ0n) is 17.9. The van der Waals surface area contributed by atoms with Crippen molar-refractivity contribution in [2.75, 3.05) is 39.0 Å². The molecule has 4 rings (SSSR count). The highest BCUT2D eigenvalue weighted by Gasteiger charge is 2.30. The van der Waals surface area contributed by atoms with E-state index in [9.17, 15) is 17.6 Å². The fourth-order valence-corrected chi connectivity index (χ4v) is 5.80. The average molecular weight is 491 g/mol. The highest BCUT2D eigenvalue weighted by Crippen LogP contribution is 2.24. The first-order valence-corrected chi connectivity index (χ1v) is 12.6. The third kappa shape index (κ3) is 5.21. The van der Waals surface area contributed by atoms with Crippen LogP contribution in [0, 0.1) is 5.82 Å². The number of piperazine rings is 1. The number of thioether (sulfide) groups is 1. The quantitative estimate of drug-likeness (QED) is 0.474. The molecule has 0 atom stereocenters. The predicted molar refractivity (Wildman–Crippen MR) is 123 cm³/mol. The molecule has 0 bridgehead atoms. The van der Waals surface area contributed by atoms with Crippen LogP contribution in [0.15, 0.2) is 71.0 Å². The van der Waals surface area contributed by atoms with Gasteiger partial charge in [0.05, 0.1) is 23.4 Å². The minimum atomic E-state index is -3.72. The first kappa shape index (κ1) is 23.3. The van der Waals surface area contributed by atoms with Gasteiger partial charge in [-0.05, 0) is 36.4 Å². The largest absolute Gasteiger partial charge is 0.497 e. The molecule has 0 N–H and O–H groups in total. The highest BCUT2D eigenvalue weighted by atomic mass is 32.2. The molecule has 0 saturated carbocycles. The molecule has 1 aromatic heterocycles. The van der Waals surface area contributed by atoms with Crippen molar-refractivity contribution < 1.29 is 22.3 Å². The lowest BCUT2D eigenvalue weighted by Crippen LogP contribution is -2.50. The summed E-state index contributed by atoms with van der Waals surface area (Å²) in [6.45, 7) is 0.970. The predicted octanol–water partition coefficient (Wildman–Crippen LogP) is 2.65. The number of rotatable bonds is 7. The third-order valence-electron chi connectivity index (χ3n) is 5.31.